The molecule has 0 aromatic carbocycles. The second-order valence-corrected chi connectivity index (χ2v) is 4.64. The zero-order valence-corrected chi connectivity index (χ0v) is 8.81. The van der Waals surface area contributed by atoms with Gasteiger partial charge in [-0.25, -0.2) is 0 Å². The molecule has 3 rings (SSSR count). The van der Waals surface area contributed by atoms with Crippen molar-refractivity contribution in [2.45, 2.75) is 69.7 Å². The van der Waals surface area contributed by atoms with Crippen molar-refractivity contribution in [2.75, 3.05) is 0 Å². The van der Waals surface area contributed by atoms with Crippen molar-refractivity contribution >= 4 is 0 Å². The van der Waals surface area contributed by atoms with Gasteiger partial charge >= 0.3 is 0 Å². The minimum Gasteiger partial charge on any atom is -0.370 e. The first-order valence-electron chi connectivity index (χ1n) is 5.76. The number of epoxide rings is 2. The summed E-state index contributed by atoms with van der Waals surface area (Å²) in [5.74, 6) is 0. The first-order chi connectivity index (χ1) is 6.79. The highest BCUT2D eigenvalue weighted by Gasteiger charge is 2.53. The maximum atomic E-state index is 5.97. The molecule has 0 aromatic rings. The molecule has 0 spiro atoms. The van der Waals surface area contributed by atoms with Gasteiger partial charge in [0, 0.05) is 0 Å². The average molecular weight is 198 g/mol. The minimum absolute atomic E-state index is 0.243. The molecule has 0 amide bonds. The number of ether oxygens (including phenoxy) is 3. The highest BCUT2D eigenvalue weighted by molar-refractivity contribution is 5.00. The highest BCUT2D eigenvalue weighted by atomic mass is 16.6. The van der Waals surface area contributed by atoms with Gasteiger partial charge in [-0.3, -0.25) is 0 Å². The summed E-state index contributed by atoms with van der Waals surface area (Å²) in [4.78, 5) is 0. The Morgan fingerprint density at radius 3 is 2.71 bits per heavy atom. The van der Waals surface area contributed by atoms with Gasteiger partial charge in [0.25, 0.3) is 0 Å². The average Bonchev–Trinajstić information content (AvgIpc) is 3.08. The fourth-order valence-corrected chi connectivity index (χ4v) is 2.61. The topological polar surface area (TPSA) is 34.3 Å². The molecule has 1 saturated carbocycles. The Labute approximate surface area is 84.7 Å². The van der Waals surface area contributed by atoms with Crippen LogP contribution >= 0.6 is 0 Å². The summed E-state index contributed by atoms with van der Waals surface area (Å²) in [6.07, 6.45) is 5.77. The molecule has 0 N–H and O–H groups in total. The summed E-state index contributed by atoms with van der Waals surface area (Å²) in [7, 11) is 0. The van der Waals surface area contributed by atoms with E-state index in [1.807, 2.05) is 0 Å². The van der Waals surface area contributed by atoms with Crippen molar-refractivity contribution < 1.29 is 14.2 Å². The van der Waals surface area contributed by atoms with Crippen LogP contribution in [0.25, 0.3) is 0 Å². The van der Waals surface area contributed by atoms with E-state index in [1.165, 1.54) is 12.8 Å². The molecule has 3 aliphatic rings. The molecule has 2 heterocycles. The molecule has 0 radical (unpaired) electrons. The molecule has 6 atom stereocenters. The fourth-order valence-electron chi connectivity index (χ4n) is 2.61. The molecule has 0 aromatic heterocycles. The van der Waals surface area contributed by atoms with Crippen LogP contribution in [-0.4, -0.2) is 36.6 Å². The molecule has 2 aliphatic heterocycles. The van der Waals surface area contributed by atoms with E-state index < -0.39 is 0 Å². The van der Waals surface area contributed by atoms with Crippen LogP contribution in [0.2, 0.25) is 0 Å². The maximum absolute atomic E-state index is 5.97. The largest absolute Gasteiger partial charge is 0.370 e. The number of rotatable bonds is 4. The van der Waals surface area contributed by atoms with Gasteiger partial charge in [-0.2, -0.15) is 0 Å². The van der Waals surface area contributed by atoms with E-state index in [1.54, 1.807) is 0 Å². The second kappa shape index (κ2) is 3.19. The number of hydrogen-bond donors (Lipinski definition) is 0. The van der Waals surface area contributed by atoms with E-state index in [4.69, 9.17) is 14.2 Å². The predicted octanol–water partition coefficient (Wildman–Crippen LogP) is 1.50. The van der Waals surface area contributed by atoms with Gasteiger partial charge in [0.05, 0.1) is 24.4 Å². The van der Waals surface area contributed by atoms with Gasteiger partial charge in [0.15, 0.2) is 0 Å². The van der Waals surface area contributed by atoms with E-state index >= 15 is 0 Å². The Bertz CT molecular complexity index is 231. The molecule has 0 bridgehead atoms. The Hall–Kier alpha value is -0.120. The van der Waals surface area contributed by atoms with E-state index in [0.717, 1.165) is 6.42 Å². The molecular weight excluding hydrogens is 180 g/mol. The lowest BCUT2D eigenvalue weighted by atomic mass is 10.2. The Balaban J connectivity index is 1.48. The van der Waals surface area contributed by atoms with Crippen molar-refractivity contribution in [1.82, 2.24) is 0 Å². The van der Waals surface area contributed by atoms with Crippen LogP contribution in [0, 0.1) is 0 Å². The molecular formula is C11H18O3. The van der Waals surface area contributed by atoms with Crippen molar-refractivity contribution in [1.29, 1.82) is 0 Å². The van der Waals surface area contributed by atoms with Crippen molar-refractivity contribution in [3.05, 3.63) is 0 Å². The van der Waals surface area contributed by atoms with Crippen LogP contribution in [0.15, 0.2) is 0 Å². The maximum Gasteiger partial charge on any atom is 0.110 e. The Kier molecular flexibility index (Phi) is 2.08. The van der Waals surface area contributed by atoms with Crippen LogP contribution in [0.3, 0.4) is 0 Å². The highest BCUT2D eigenvalue weighted by Crippen LogP contribution is 2.42. The first-order valence-corrected chi connectivity index (χ1v) is 5.76. The third-order valence-electron chi connectivity index (χ3n) is 3.60. The van der Waals surface area contributed by atoms with Crippen LogP contribution in [-0.2, 0) is 14.2 Å². The fraction of sp³-hybridized carbons (Fsp3) is 1.00. The molecule has 80 valence electrons. The van der Waals surface area contributed by atoms with Crippen LogP contribution < -0.4 is 0 Å². The minimum atomic E-state index is 0.243. The predicted molar refractivity (Wildman–Crippen MR) is 51.2 cm³/mol. The van der Waals surface area contributed by atoms with Crippen molar-refractivity contribution in [2.24, 2.45) is 0 Å². The van der Waals surface area contributed by atoms with Crippen LogP contribution in [0.4, 0.5) is 0 Å². The summed E-state index contributed by atoms with van der Waals surface area (Å²) in [6.45, 7) is 4.28. The normalized spacial score (nSPS) is 51.4. The first kappa shape index (κ1) is 9.13. The lowest BCUT2D eigenvalue weighted by molar-refractivity contribution is -0.0316. The van der Waals surface area contributed by atoms with E-state index in [9.17, 15) is 0 Å². The monoisotopic (exact) mass is 198 g/mol. The number of hydrogen-bond acceptors (Lipinski definition) is 3. The molecule has 3 fully saturated rings. The van der Waals surface area contributed by atoms with Crippen LogP contribution in [0.5, 0.6) is 0 Å². The van der Waals surface area contributed by atoms with Crippen molar-refractivity contribution in [3.8, 4) is 0 Å². The SMILES string of the molecule is CCC1OC1C(C)OC1CCC2OC12. The molecule has 3 heteroatoms. The Morgan fingerprint density at radius 1 is 1.36 bits per heavy atom. The number of fused-ring (bicyclic) bond motifs is 1. The summed E-state index contributed by atoms with van der Waals surface area (Å²) in [5, 5.41) is 0. The van der Waals surface area contributed by atoms with Crippen LogP contribution in [0.1, 0.15) is 33.1 Å². The van der Waals surface area contributed by atoms with Gasteiger partial charge in [-0.15, -0.1) is 0 Å². The second-order valence-electron chi connectivity index (χ2n) is 4.64. The lowest BCUT2D eigenvalue weighted by Gasteiger charge is -2.17. The molecule has 1 aliphatic carbocycles. The summed E-state index contributed by atoms with van der Waals surface area (Å²) in [5.41, 5.74) is 0. The van der Waals surface area contributed by atoms with Gasteiger partial charge < -0.3 is 14.2 Å². The van der Waals surface area contributed by atoms with Gasteiger partial charge in [-0.1, -0.05) is 6.92 Å². The summed E-state index contributed by atoms with van der Waals surface area (Å²) >= 11 is 0. The van der Waals surface area contributed by atoms with Gasteiger partial charge in [0.1, 0.15) is 12.2 Å². The van der Waals surface area contributed by atoms with E-state index in [2.05, 4.69) is 13.8 Å². The standard InChI is InChI=1S/C11H18O3/c1-3-7-10(13-7)6(2)12-8-4-5-9-11(8)14-9/h6-11H,3-5H2,1-2H3. The van der Waals surface area contributed by atoms with Crippen molar-refractivity contribution in [3.63, 3.8) is 0 Å². The van der Waals surface area contributed by atoms with E-state index in [0.29, 0.717) is 30.5 Å². The smallest absolute Gasteiger partial charge is 0.110 e. The third kappa shape index (κ3) is 1.47. The Morgan fingerprint density at radius 2 is 2.21 bits per heavy atom. The zero-order valence-electron chi connectivity index (χ0n) is 8.81. The quantitative estimate of drug-likeness (QED) is 0.642. The summed E-state index contributed by atoms with van der Waals surface area (Å²) < 4.78 is 16.9. The molecule has 14 heavy (non-hydrogen) atoms. The molecule has 6 unspecified atom stereocenters. The lowest BCUT2D eigenvalue weighted by Crippen LogP contribution is -2.27. The van der Waals surface area contributed by atoms with Gasteiger partial charge in [-0.05, 0) is 26.2 Å². The summed E-state index contributed by atoms with van der Waals surface area (Å²) in [6, 6.07) is 0. The van der Waals surface area contributed by atoms with E-state index in [-0.39, 0.29) is 6.10 Å². The molecule has 3 nitrogen and oxygen atoms in total. The van der Waals surface area contributed by atoms with Gasteiger partial charge in [0.2, 0.25) is 0 Å². The third-order valence-corrected chi connectivity index (χ3v) is 3.60. The zero-order chi connectivity index (χ0) is 9.71. The molecule has 2 saturated heterocycles.